The van der Waals surface area contributed by atoms with Gasteiger partial charge >= 0.3 is 0 Å². The molecule has 0 aliphatic carbocycles. The molecule has 0 bridgehead atoms. The number of aryl methyl sites for hydroxylation is 2. The molecular weight excluding hydrogens is 307 g/mol. The van der Waals surface area contributed by atoms with Crippen molar-refractivity contribution in [2.45, 2.75) is 26.8 Å². The molecule has 3 aromatic rings. The van der Waals surface area contributed by atoms with Crippen molar-refractivity contribution in [3.05, 3.63) is 58.8 Å². The van der Waals surface area contributed by atoms with Crippen LogP contribution in [0.15, 0.2) is 30.5 Å². The molecule has 1 amide bonds. The lowest BCUT2D eigenvalue weighted by atomic mass is 10.1. The zero-order chi connectivity index (χ0) is 17.4. The number of halogens is 1. The van der Waals surface area contributed by atoms with Crippen LogP contribution in [-0.2, 0) is 7.05 Å². The minimum absolute atomic E-state index is 0.172. The highest BCUT2D eigenvalue weighted by molar-refractivity contribution is 5.98. The van der Waals surface area contributed by atoms with Crippen molar-refractivity contribution >= 4 is 16.8 Å². The van der Waals surface area contributed by atoms with Crippen LogP contribution < -0.4 is 5.32 Å². The number of carbonyl (C=O) groups excluding carboxylic acids is 1. The average Bonchev–Trinajstić information content (AvgIpc) is 2.86. The van der Waals surface area contributed by atoms with E-state index in [1.165, 1.54) is 12.1 Å². The average molecular weight is 326 g/mol. The van der Waals surface area contributed by atoms with Crippen molar-refractivity contribution in [2.24, 2.45) is 7.05 Å². The predicted molar refractivity (Wildman–Crippen MR) is 90.3 cm³/mol. The van der Waals surface area contributed by atoms with E-state index in [0.29, 0.717) is 16.8 Å². The maximum atomic E-state index is 13.3. The van der Waals surface area contributed by atoms with Crippen LogP contribution in [0.1, 0.15) is 40.3 Å². The Morgan fingerprint density at radius 3 is 2.71 bits per heavy atom. The van der Waals surface area contributed by atoms with Crippen LogP contribution in [0.4, 0.5) is 4.39 Å². The summed E-state index contributed by atoms with van der Waals surface area (Å²) >= 11 is 0. The largest absolute Gasteiger partial charge is 0.345 e. The summed E-state index contributed by atoms with van der Waals surface area (Å²) in [4.78, 5) is 17.0. The van der Waals surface area contributed by atoms with Crippen LogP contribution in [-0.4, -0.2) is 20.7 Å². The highest BCUT2D eigenvalue weighted by atomic mass is 19.1. The second-order valence-electron chi connectivity index (χ2n) is 5.96. The molecule has 6 heteroatoms. The van der Waals surface area contributed by atoms with Gasteiger partial charge in [-0.3, -0.25) is 14.5 Å². The minimum atomic E-state index is -0.340. The molecule has 0 radical (unpaired) electrons. The molecule has 0 aliphatic heterocycles. The predicted octanol–water partition coefficient (Wildman–Crippen LogP) is 3.22. The third-order valence-electron chi connectivity index (χ3n) is 4.30. The fourth-order valence-corrected chi connectivity index (χ4v) is 2.76. The summed E-state index contributed by atoms with van der Waals surface area (Å²) in [5.41, 5.74) is 3.58. The fourth-order valence-electron chi connectivity index (χ4n) is 2.76. The number of hydrogen-bond donors (Lipinski definition) is 1. The summed E-state index contributed by atoms with van der Waals surface area (Å²) in [6, 6.07) is 5.93. The lowest BCUT2D eigenvalue weighted by molar-refractivity contribution is 0.0939. The number of nitrogens with one attached hydrogen (secondary N) is 1. The minimum Gasteiger partial charge on any atom is -0.345 e. The monoisotopic (exact) mass is 326 g/mol. The van der Waals surface area contributed by atoms with Crippen LogP contribution in [0.2, 0.25) is 0 Å². The summed E-state index contributed by atoms with van der Waals surface area (Å²) in [6.45, 7) is 5.63. The molecule has 0 saturated carbocycles. The quantitative estimate of drug-likeness (QED) is 0.804. The molecule has 0 aliphatic rings. The zero-order valence-electron chi connectivity index (χ0n) is 14.1. The molecule has 0 saturated heterocycles. The van der Waals surface area contributed by atoms with Gasteiger partial charge in [0.1, 0.15) is 5.82 Å². The van der Waals surface area contributed by atoms with Gasteiger partial charge in [0.05, 0.1) is 29.0 Å². The Hall–Kier alpha value is -2.76. The number of benzene rings is 1. The highest BCUT2D eigenvalue weighted by Gasteiger charge is 2.18. The maximum Gasteiger partial charge on any atom is 0.253 e. The van der Waals surface area contributed by atoms with Crippen molar-refractivity contribution in [1.29, 1.82) is 0 Å². The number of carbonyl (C=O) groups is 1. The Morgan fingerprint density at radius 1 is 1.29 bits per heavy atom. The summed E-state index contributed by atoms with van der Waals surface area (Å²) < 4.78 is 15.1. The van der Waals surface area contributed by atoms with Crippen LogP contribution in [0.3, 0.4) is 0 Å². The summed E-state index contributed by atoms with van der Waals surface area (Å²) in [7, 11) is 1.86. The second kappa shape index (κ2) is 6.03. The third kappa shape index (κ3) is 2.87. The van der Waals surface area contributed by atoms with Gasteiger partial charge < -0.3 is 5.32 Å². The van der Waals surface area contributed by atoms with E-state index >= 15 is 0 Å². The van der Waals surface area contributed by atoms with E-state index in [1.807, 2.05) is 20.9 Å². The fraction of sp³-hybridized carbons (Fsp3) is 0.278. The van der Waals surface area contributed by atoms with E-state index < -0.39 is 0 Å². The van der Waals surface area contributed by atoms with Crippen molar-refractivity contribution in [3.63, 3.8) is 0 Å². The molecule has 1 atom stereocenters. The van der Waals surface area contributed by atoms with E-state index in [-0.39, 0.29) is 17.8 Å². The van der Waals surface area contributed by atoms with Crippen molar-refractivity contribution in [1.82, 2.24) is 20.1 Å². The van der Waals surface area contributed by atoms with Gasteiger partial charge in [-0.1, -0.05) is 0 Å². The SMILES string of the molecule is Cc1nc2cc(F)ccc2cc1C(=O)N[C@@H](C)c1cnn(C)c1C. The van der Waals surface area contributed by atoms with Crippen LogP contribution in [0.25, 0.3) is 10.9 Å². The van der Waals surface area contributed by atoms with Crippen molar-refractivity contribution < 1.29 is 9.18 Å². The van der Waals surface area contributed by atoms with Gasteiger partial charge in [-0.05, 0) is 39.0 Å². The topological polar surface area (TPSA) is 59.8 Å². The van der Waals surface area contributed by atoms with Crippen LogP contribution in [0.5, 0.6) is 0 Å². The molecule has 1 aromatic carbocycles. The van der Waals surface area contributed by atoms with Crippen LogP contribution in [0, 0.1) is 19.7 Å². The standard InChI is InChI=1S/C18H19FN4O/c1-10-15(7-13-5-6-14(19)8-17(13)21-10)18(24)22-11(2)16-9-20-23(4)12(16)3/h5-9,11H,1-4H3,(H,22,24)/t11-/m0/s1. The number of rotatable bonds is 3. The van der Waals surface area contributed by atoms with Gasteiger partial charge in [-0.25, -0.2) is 4.39 Å². The second-order valence-corrected chi connectivity index (χ2v) is 5.96. The van der Waals surface area contributed by atoms with Gasteiger partial charge in [0, 0.05) is 29.8 Å². The smallest absolute Gasteiger partial charge is 0.253 e. The van der Waals surface area contributed by atoms with Gasteiger partial charge in [0.2, 0.25) is 0 Å². The number of pyridine rings is 1. The lowest BCUT2D eigenvalue weighted by Gasteiger charge is -2.15. The zero-order valence-corrected chi connectivity index (χ0v) is 14.1. The van der Waals surface area contributed by atoms with E-state index in [2.05, 4.69) is 15.4 Å². The molecule has 2 aromatic heterocycles. The maximum absolute atomic E-state index is 13.3. The molecule has 124 valence electrons. The van der Waals surface area contributed by atoms with E-state index in [0.717, 1.165) is 16.6 Å². The lowest BCUT2D eigenvalue weighted by Crippen LogP contribution is -2.27. The van der Waals surface area contributed by atoms with Crippen molar-refractivity contribution in [2.75, 3.05) is 0 Å². The number of aromatic nitrogens is 3. The number of fused-ring (bicyclic) bond motifs is 1. The van der Waals surface area contributed by atoms with Gasteiger partial charge in [-0.2, -0.15) is 5.10 Å². The molecule has 1 N–H and O–H groups in total. The summed E-state index contributed by atoms with van der Waals surface area (Å²) in [5, 5.41) is 7.91. The van der Waals surface area contributed by atoms with Gasteiger partial charge in [-0.15, -0.1) is 0 Å². The first-order chi connectivity index (χ1) is 11.4. The summed E-state index contributed by atoms with van der Waals surface area (Å²) in [6.07, 6.45) is 1.76. The Labute approximate surface area is 139 Å². The molecule has 2 heterocycles. The van der Waals surface area contributed by atoms with Crippen LogP contribution >= 0.6 is 0 Å². The normalized spacial score (nSPS) is 12.4. The molecule has 24 heavy (non-hydrogen) atoms. The first kappa shape index (κ1) is 16.1. The summed E-state index contributed by atoms with van der Waals surface area (Å²) in [5.74, 6) is -0.547. The molecule has 0 spiro atoms. The van der Waals surface area contributed by atoms with Crippen molar-refractivity contribution in [3.8, 4) is 0 Å². The number of amides is 1. The van der Waals surface area contributed by atoms with E-state index in [9.17, 15) is 9.18 Å². The number of nitrogens with zero attached hydrogens (tertiary/aromatic N) is 3. The Balaban J connectivity index is 1.89. The van der Waals surface area contributed by atoms with Gasteiger partial charge in [0.25, 0.3) is 5.91 Å². The highest BCUT2D eigenvalue weighted by Crippen LogP contribution is 2.20. The Kier molecular flexibility index (Phi) is 4.05. The molecule has 3 rings (SSSR count). The molecular formula is C18H19FN4O. The van der Waals surface area contributed by atoms with Gasteiger partial charge in [0.15, 0.2) is 0 Å². The molecule has 0 fully saturated rings. The first-order valence-electron chi connectivity index (χ1n) is 7.73. The number of hydrogen-bond acceptors (Lipinski definition) is 3. The van der Waals surface area contributed by atoms with E-state index in [4.69, 9.17) is 0 Å². The molecule has 0 unspecified atom stereocenters. The van der Waals surface area contributed by atoms with E-state index in [1.54, 1.807) is 29.9 Å². The first-order valence-corrected chi connectivity index (χ1v) is 7.73. The Morgan fingerprint density at radius 2 is 2.04 bits per heavy atom. The molecule has 5 nitrogen and oxygen atoms in total. The Bertz CT molecular complexity index is 932. The third-order valence-corrected chi connectivity index (χ3v) is 4.30.